The molecular formula is C9H14N2O3. The fourth-order valence-corrected chi connectivity index (χ4v) is 0.970. The van der Waals surface area contributed by atoms with Crippen LogP contribution >= 0.6 is 0 Å². The molecule has 1 aromatic rings. The predicted octanol–water partition coefficient (Wildman–Crippen LogP) is -0.247. The Hall–Kier alpha value is -1.33. The van der Waals surface area contributed by atoms with E-state index < -0.39 is 0 Å². The smallest absolute Gasteiger partial charge is 0.267 e. The molecule has 0 aliphatic rings. The summed E-state index contributed by atoms with van der Waals surface area (Å²) < 4.78 is 4.98. The van der Waals surface area contributed by atoms with Crippen LogP contribution < -0.4 is 5.32 Å². The molecule has 0 radical (unpaired) electrons. The number of amides is 1. The summed E-state index contributed by atoms with van der Waals surface area (Å²) in [5.74, 6) is -0.150. The van der Waals surface area contributed by atoms with E-state index in [1.807, 2.05) is 0 Å². The first-order valence-corrected chi connectivity index (χ1v) is 4.45. The Bertz CT molecular complexity index is 259. The van der Waals surface area contributed by atoms with Crippen molar-refractivity contribution in [3.63, 3.8) is 0 Å². The molecule has 1 aromatic heterocycles. The van der Waals surface area contributed by atoms with Gasteiger partial charge in [0, 0.05) is 12.7 Å². The van der Waals surface area contributed by atoms with Crippen LogP contribution in [0.5, 0.6) is 0 Å². The third-order valence-electron chi connectivity index (χ3n) is 1.61. The highest BCUT2D eigenvalue weighted by Gasteiger charge is 2.03. The van der Waals surface area contributed by atoms with E-state index in [2.05, 4.69) is 10.3 Å². The van der Waals surface area contributed by atoms with Gasteiger partial charge in [-0.25, -0.2) is 0 Å². The van der Waals surface area contributed by atoms with E-state index in [-0.39, 0.29) is 12.5 Å². The second-order valence-corrected chi connectivity index (χ2v) is 2.68. The minimum atomic E-state index is -0.150. The lowest BCUT2D eigenvalue weighted by Crippen LogP contribution is -2.27. The van der Waals surface area contributed by atoms with Gasteiger partial charge in [-0.1, -0.05) is 0 Å². The molecule has 1 rings (SSSR count). The number of rotatable bonds is 6. The van der Waals surface area contributed by atoms with Crippen molar-refractivity contribution >= 4 is 5.91 Å². The predicted molar refractivity (Wildman–Crippen MR) is 51.0 cm³/mol. The van der Waals surface area contributed by atoms with Gasteiger partial charge in [0.15, 0.2) is 0 Å². The van der Waals surface area contributed by atoms with Crippen LogP contribution in [0, 0.1) is 0 Å². The molecule has 0 aliphatic heterocycles. The van der Waals surface area contributed by atoms with Gasteiger partial charge in [0.2, 0.25) is 0 Å². The Morgan fingerprint density at radius 3 is 3.07 bits per heavy atom. The number of aliphatic hydroxyl groups is 1. The van der Waals surface area contributed by atoms with E-state index in [1.54, 1.807) is 18.3 Å². The summed E-state index contributed by atoms with van der Waals surface area (Å²) in [7, 11) is 0. The van der Waals surface area contributed by atoms with Gasteiger partial charge < -0.3 is 20.1 Å². The van der Waals surface area contributed by atoms with Crippen molar-refractivity contribution in [1.29, 1.82) is 0 Å². The summed E-state index contributed by atoms with van der Waals surface area (Å²) >= 11 is 0. The highest BCUT2D eigenvalue weighted by Crippen LogP contribution is 1.92. The van der Waals surface area contributed by atoms with E-state index in [0.29, 0.717) is 25.5 Å². The molecule has 5 nitrogen and oxygen atoms in total. The fourth-order valence-electron chi connectivity index (χ4n) is 0.970. The Balaban J connectivity index is 2.10. The largest absolute Gasteiger partial charge is 0.394 e. The minimum absolute atomic E-state index is 0.00454. The molecule has 0 aromatic carbocycles. The van der Waals surface area contributed by atoms with Gasteiger partial charge in [0.05, 0.1) is 19.8 Å². The summed E-state index contributed by atoms with van der Waals surface area (Å²) in [4.78, 5) is 14.1. The van der Waals surface area contributed by atoms with Crippen LogP contribution in [-0.2, 0) is 4.74 Å². The van der Waals surface area contributed by atoms with Crippen LogP contribution in [0.25, 0.3) is 0 Å². The van der Waals surface area contributed by atoms with E-state index in [4.69, 9.17) is 9.84 Å². The van der Waals surface area contributed by atoms with Gasteiger partial charge in [-0.05, 0) is 12.1 Å². The van der Waals surface area contributed by atoms with Crippen LogP contribution in [-0.4, -0.2) is 42.4 Å². The number of ether oxygens (including phenoxy) is 1. The van der Waals surface area contributed by atoms with E-state index in [1.165, 1.54) is 0 Å². The third kappa shape index (κ3) is 3.59. The number of carbonyl (C=O) groups excluding carboxylic acids is 1. The van der Waals surface area contributed by atoms with Crippen molar-refractivity contribution in [1.82, 2.24) is 10.3 Å². The van der Waals surface area contributed by atoms with E-state index in [9.17, 15) is 4.79 Å². The topological polar surface area (TPSA) is 74.3 Å². The van der Waals surface area contributed by atoms with Crippen molar-refractivity contribution in [2.45, 2.75) is 0 Å². The Labute approximate surface area is 82.1 Å². The molecule has 0 unspecified atom stereocenters. The highest BCUT2D eigenvalue weighted by atomic mass is 16.5. The average molecular weight is 198 g/mol. The molecule has 0 aliphatic carbocycles. The van der Waals surface area contributed by atoms with Crippen LogP contribution in [0.15, 0.2) is 18.3 Å². The van der Waals surface area contributed by atoms with Crippen molar-refractivity contribution in [2.75, 3.05) is 26.4 Å². The Kier molecular flexibility index (Phi) is 4.74. The fraction of sp³-hybridized carbons (Fsp3) is 0.444. The minimum Gasteiger partial charge on any atom is -0.394 e. The Morgan fingerprint density at radius 2 is 2.43 bits per heavy atom. The molecule has 1 amide bonds. The molecule has 78 valence electrons. The maximum absolute atomic E-state index is 11.3. The standard InChI is InChI=1S/C9H14N2O3/c12-5-7-14-6-4-11-9(13)8-2-1-3-10-8/h1-3,10,12H,4-7H2,(H,11,13). The van der Waals surface area contributed by atoms with Crippen molar-refractivity contribution < 1.29 is 14.6 Å². The van der Waals surface area contributed by atoms with Gasteiger partial charge in [0.25, 0.3) is 5.91 Å². The number of nitrogens with one attached hydrogen (secondary N) is 2. The number of hydrogen-bond acceptors (Lipinski definition) is 3. The second kappa shape index (κ2) is 6.17. The molecule has 3 N–H and O–H groups in total. The lowest BCUT2D eigenvalue weighted by Gasteiger charge is -2.03. The summed E-state index contributed by atoms with van der Waals surface area (Å²) in [6.07, 6.45) is 1.69. The number of carbonyl (C=O) groups is 1. The Morgan fingerprint density at radius 1 is 1.57 bits per heavy atom. The molecule has 0 spiro atoms. The van der Waals surface area contributed by atoms with Crippen LogP contribution in [0.1, 0.15) is 10.5 Å². The van der Waals surface area contributed by atoms with Gasteiger partial charge in [-0.15, -0.1) is 0 Å². The molecular weight excluding hydrogens is 184 g/mol. The molecule has 14 heavy (non-hydrogen) atoms. The van der Waals surface area contributed by atoms with Crippen LogP contribution in [0.4, 0.5) is 0 Å². The first kappa shape index (κ1) is 10.7. The van der Waals surface area contributed by atoms with Gasteiger partial charge in [0.1, 0.15) is 5.69 Å². The van der Waals surface area contributed by atoms with Crippen molar-refractivity contribution in [3.05, 3.63) is 24.0 Å². The summed E-state index contributed by atoms with van der Waals surface area (Å²) in [5.41, 5.74) is 0.534. The first-order chi connectivity index (χ1) is 6.84. The zero-order valence-corrected chi connectivity index (χ0v) is 7.82. The SMILES string of the molecule is O=C(NCCOCCO)c1ccc[nH]1. The molecule has 0 bridgehead atoms. The number of aliphatic hydroxyl groups excluding tert-OH is 1. The average Bonchev–Trinajstić information content (AvgIpc) is 2.70. The zero-order valence-electron chi connectivity index (χ0n) is 7.82. The number of H-pyrrole nitrogens is 1. The molecule has 0 atom stereocenters. The monoisotopic (exact) mass is 198 g/mol. The van der Waals surface area contributed by atoms with Crippen molar-refractivity contribution in [2.24, 2.45) is 0 Å². The number of hydrogen-bond donors (Lipinski definition) is 3. The molecule has 0 saturated carbocycles. The maximum atomic E-state index is 11.3. The lowest BCUT2D eigenvalue weighted by atomic mass is 10.4. The quantitative estimate of drug-likeness (QED) is 0.552. The molecule has 0 saturated heterocycles. The van der Waals surface area contributed by atoms with E-state index in [0.717, 1.165) is 0 Å². The van der Waals surface area contributed by atoms with Gasteiger partial charge in [-0.3, -0.25) is 4.79 Å². The lowest BCUT2D eigenvalue weighted by molar-refractivity contribution is 0.0835. The van der Waals surface area contributed by atoms with Crippen LogP contribution in [0.2, 0.25) is 0 Å². The zero-order chi connectivity index (χ0) is 10.2. The normalized spacial score (nSPS) is 10.1. The van der Waals surface area contributed by atoms with Gasteiger partial charge in [-0.2, -0.15) is 0 Å². The molecule has 0 fully saturated rings. The second-order valence-electron chi connectivity index (χ2n) is 2.68. The molecule has 5 heteroatoms. The summed E-state index contributed by atoms with van der Waals surface area (Å²) in [6, 6.07) is 3.46. The summed E-state index contributed by atoms with van der Waals surface area (Å²) in [5, 5.41) is 11.1. The summed E-state index contributed by atoms with van der Waals surface area (Å²) in [6.45, 7) is 1.16. The maximum Gasteiger partial charge on any atom is 0.267 e. The highest BCUT2D eigenvalue weighted by molar-refractivity contribution is 5.92. The van der Waals surface area contributed by atoms with Crippen LogP contribution in [0.3, 0.4) is 0 Å². The third-order valence-corrected chi connectivity index (χ3v) is 1.61. The first-order valence-electron chi connectivity index (χ1n) is 4.45. The van der Waals surface area contributed by atoms with Gasteiger partial charge >= 0.3 is 0 Å². The number of aromatic nitrogens is 1. The number of aromatic amines is 1. The molecule has 1 heterocycles. The van der Waals surface area contributed by atoms with E-state index >= 15 is 0 Å². The van der Waals surface area contributed by atoms with Crippen molar-refractivity contribution in [3.8, 4) is 0 Å².